The van der Waals surface area contributed by atoms with Gasteiger partial charge >= 0.3 is 0 Å². The molecule has 1 aromatic carbocycles. The lowest BCUT2D eigenvalue weighted by atomic mass is 10.0. The first-order valence-corrected chi connectivity index (χ1v) is 6.40. The molecule has 0 heterocycles. The van der Waals surface area contributed by atoms with Crippen LogP contribution in [0.1, 0.15) is 24.9 Å². The average Bonchev–Trinajstić information content (AvgIpc) is 2.34. The molecule has 3 N–H and O–H groups in total. The molecule has 4 nitrogen and oxygen atoms in total. The zero-order valence-corrected chi connectivity index (χ0v) is 11.8. The van der Waals surface area contributed by atoms with Crippen LogP contribution < -0.4 is 10.5 Å². The summed E-state index contributed by atoms with van der Waals surface area (Å²) >= 11 is 0. The number of aliphatic hydroxyl groups is 1. The minimum atomic E-state index is -0.424. The van der Waals surface area contributed by atoms with Crippen molar-refractivity contribution < 1.29 is 14.2 Å². The number of nitrogens with two attached hydrogens (primary N) is 1. The first-order chi connectivity index (χ1) is 8.95. The highest BCUT2D eigenvalue weighted by molar-refractivity contribution is 5.37. The van der Waals surface area contributed by atoms with Crippen molar-refractivity contribution in [2.45, 2.75) is 25.5 Å². The van der Waals surface area contributed by atoms with Crippen LogP contribution in [0.25, 0.3) is 0 Å². The van der Waals surface area contributed by atoms with Crippen molar-refractivity contribution in [2.24, 2.45) is 5.73 Å². The van der Waals surface area contributed by atoms with E-state index in [0.717, 1.165) is 0 Å². The number of hydrogen-bond donors (Lipinski definition) is 2. The maximum atomic E-state index is 13.8. The second kappa shape index (κ2) is 7.43. The van der Waals surface area contributed by atoms with Crippen LogP contribution in [0, 0.1) is 5.82 Å². The third-order valence-electron chi connectivity index (χ3n) is 3.00. The SMILES string of the molecule is COc1cccc(F)c1C(N)CCN(C)CC(C)O. The molecular formula is C14H23FN2O2. The third kappa shape index (κ3) is 4.78. The van der Waals surface area contributed by atoms with Gasteiger partial charge in [0.15, 0.2) is 0 Å². The van der Waals surface area contributed by atoms with Crippen molar-refractivity contribution >= 4 is 0 Å². The number of methoxy groups -OCH3 is 1. The number of aliphatic hydroxyl groups excluding tert-OH is 1. The van der Waals surface area contributed by atoms with Gasteiger partial charge in [0.25, 0.3) is 0 Å². The molecule has 0 amide bonds. The number of hydrogen-bond acceptors (Lipinski definition) is 4. The molecule has 1 rings (SSSR count). The molecule has 19 heavy (non-hydrogen) atoms. The van der Waals surface area contributed by atoms with E-state index in [-0.39, 0.29) is 11.9 Å². The van der Waals surface area contributed by atoms with Gasteiger partial charge in [0.1, 0.15) is 11.6 Å². The fraction of sp³-hybridized carbons (Fsp3) is 0.571. The fourth-order valence-corrected chi connectivity index (χ4v) is 2.10. The number of rotatable bonds is 7. The standard InChI is InChI=1S/C14H23FN2O2/c1-10(18)9-17(2)8-7-12(16)14-11(15)5-4-6-13(14)19-3/h4-6,10,12,18H,7-9,16H2,1-3H3. The Morgan fingerprint density at radius 3 is 2.74 bits per heavy atom. The van der Waals surface area contributed by atoms with Gasteiger partial charge in [-0.2, -0.15) is 0 Å². The summed E-state index contributed by atoms with van der Waals surface area (Å²) in [6, 6.07) is 4.27. The highest BCUT2D eigenvalue weighted by Crippen LogP contribution is 2.28. The fourth-order valence-electron chi connectivity index (χ4n) is 2.10. The Labute approximate surface area is 114 Å². The third-order valence-corrected chi connectivity index (χ3v) is 3.00. The van der Waals surface area contributed by atoms with Gasteiger partial charge in [-0.25, -0.2) is 4.39 Å². The topological polar surface area (TPSA) is 58.7 Å². The van der Waals surface area contributed by atoms with Crippen LogP contribution >= 0.6 is 0 Å². The average molecular weight is 270 g/mol. The molecule has 1 aromatic rings. The molecule has 2 unspecified atom stereocenters. The molecule has 0 aliphatic rings. The van der Waals surface area contributed by atoms with Gasteiger partial charge in [0, 0.05) is 18.2 Å². The predicted octanol–water partition coefficient (Wildman–Crippen LogP) is 1.54. The highest BCUT2D eigenvalue weighted by atomic mass is 19.1. The van der Waals surface area contributed by atoms with Crippen molar-refractivity contribution in [1.29, 1.82) is 0 Å². The molecule has 0 spiro atoms. The number of ether oxygens (including phenoxy) is 1. The second-order valence-electron chi connectivity index (χ2n) is 4.86. The molecule has 0 bridgehead atoms. The monoisotopic (exact) mass is 270 g/mol. The molecule has 0 radical (unpaired) electrons. The summed E-state index contributed by atoms with van der Waals surface area (Å²) in [6.07, 6.45) is 0.213. The quantitative estimate of drug-likeness (QED) is 0.789. The van der Waals surface area contributed by atoms with E-state index < -0.39 is 6.04 Å². The van der Waals surface area contributed by atoms with Crippen LogP contribution in [-0.4, -0.2) is 43.4 Å². The van der Waals surface area contributed by atoms with Gasteiger partial charge in [-0.15, -0.1) is 0 Å². The lowest BCUT2D eigenvalue weighted by Gasteiger charge is -2.22. The van der Waals surface area contributed by atoms with E-state index >= 15 is 0 Å². The van der Waals surface area contributed by atoms with Gasteiger partial charge in [-0.05, 0) is 39.1 Å². The number of benzene rings is 1. The summed E-state index contributed by atoms with van der Waals surface area (Å²) in [4.78, 5) is 1.97. The van der Waals surface area contributed by atoms with E-state index in [4.69, 9.17) is 10.5 Å². The number of likely N-dealkylation sites (N-methyl/N-ethyl adjacent to an activating group) is 1. The Morgan fingerprint density at radius 2 is 2.16 bits per heavy atom. The van der Waals surface area contributed by atoms with E-state index in [1.165, 1.54) is 13.2 Å². The molecule has 108 valence electrons. The Morgan fingerprint density at radius 1 is 1.47 bits per heavy atom. The largest absolute Gasteiger partial charge is 0.496 e. The normalized spacial score (nSPS) is 14.5. The van der Waals surface area contributed by atoms with Crippen molar-refractivity contribution in [3.05, 3.63) is 29.6 Å². The van der Waals surface area contributed by atoms with E-state index in [0.29, 0.717) is 30.8 Å². The zero-order chi connectivity index (χ0) is 14.4. The lowest BCUT2D eigenvalue weighted by molar-refractivity contribution is 0.139. The van der Waals surface area contributed by atoms with Gasteiger partial charge < -0.3 is 20.5 Å². The van der Waals surface area contributed by atoms with Gasteiger partial charge in [0.05, 0.1) is 13.2 Å². The summed E-state index contributed by atoms with van der Waals surface area (Å²) in [6.45, 7) is 2.99. The van der Waals surface area contributed by atoms with Crippen LogP contribution in [0.15, 0.2) is 18.2 Å². The Bertz CT molecular complexity index is 399. The van der Waals surface area contributed by atoms with Crippen LogP contribution in [0.3, 0.4) is 0 Å². The minimum Gasteiger partial charge on any atom is -0.496 e. The Balaban J connectivity index is 2.65. The number of nitrogens with zero attached hydrogens (tertiary/aromatic N) is 1. The summed E-state index contributed by atoms with van der Waals surface area (Å²) in [5.74, 6) is 0.135. The molecule has 5 heteroatoms. The number of halogens is 1. The molecule has 2 atom stereocenters. The van der Waals surface area contributed by atoms with E-state index in [1.54, 1.807) is 19.1 Å². The van der Waals surface area contributed by atoms with Crippen molar-refractivity contribution in [1.82, 2.24) is 4.90 Å². The van der Waals surface area contributed by atoms with Crippen LogP contribution in [-0.2, 0) is 0 Å². The molecule has 0 saturated heterocycles. The molecule has 0 aromatic heterocycles. The minimum absolute atomic E-state index is 0.343. The first kappa shape index (κ1) is 15.9. The van der Waals surface area contributed by atoms with E-state index in [1.807, 2.05) is 11.9 Å². The van der Waals surface area contributed by atoms with Crippen molar-refractivity contribution in [3.8, 4) is 5.75 Å². The van der Waals surface area contributed by atoms with Crippen molar-refractivity contribution in [3.63, 3.8) is 0 Å². The van der Waals surface area contributed by atoms with E-state index in [2.05, 4.69) is 0 Å². The van der Waals surface area contributed by atoms with E-state index in [9.17, 15) is 9.50 Å². The molecule has 0 saturated carbocycles. The van der Waals surface area contributed by atoms with Crippen LogP contribution in [0.5, 0.6) is 5.75 Å². The summed E-state index contributed by atoms with van der Waals surface area (Å²) in [5.41, 5.74) is 6.45. The van der Waals surface area contributed by atoms with Crippen LogP contribution in [0.4, 0.5) is 4.39 Å². The maximum Gasteiger partial charge on any atom is 0.131 e. The second-order valence-corrected chi connectivity index (χ2v) is 4.86. The molecule has 0 aliphatic carbocycles. The zero-order valence-electron chi connectivity index (χ0n) is 11.8. The highest BCUT2D eigenvalue weighted by Gasteiger charge is 2.17. The summed E-state index contributed by atoms with van der Waals surface area (Å²) in [7, 11) is 3.41. The molecule has 0 fully saturated rings. The van der Waals surface area contributed by atoms with Crippen molar-refractivity contribution in [2.75, 3.05) is 27.2 Å². The first-order valence-electron chi connectivity index (χ1n) is 6.40. The Hall–Kier alpha value is -1.17. The smallest absolute Gasteiger partial charge is 0.131 e. The molecule has 0 aliphatic heterocycles. The summed E-state index contributed by atoms with van der Waals surface area (Å²) < 4.78 is 19.0. The van der Waals surface area contributed by atoms with Gasteiger partial charge in [0.2, 0.25) is 0 Å². The Kier molecular flexibility index (Phi) is 6.21. The summed E-state index contributed by atoms with van der Waals surface area (Å²) in [5, 5.41) is 9.28. The predicted molar refractivity (Wildman–Crippen MR) is 73.7 cm³/mol. The molecular weight excluding hydrogens is 247 g/mol. The lowest BCUT2D eigenvalue weighted by Crippen LogP contribution is -2.30. The van der Waals surface area contributed by atoms with Gasteiger partial charge in [-0.3, -0.25) is 0 Å². The van der Waals surface area contributed by atoms with Gasteiger partial charge in [-0.1, -0.05) is 6.07 Å². The van der Waals surface area contributed by atoms with Crippen LogP contribution in [0.2, 0.25) is 0 Å². The maximum absolute atomic E-state index is 13.8.